The summed E-state index contributed by atoms with van der Waals surface area (Å²) in [7, 11) is 0. The van der Waals surface area contributed by atoms with Gasteiger partial charge in [-0.15, -0.1) is 11.3 Å². The van der Waals surface area contributed by atoms with Gasteiger partial charge in [-0.1, -0.05) is 11.6 Å². The summed E-state index contributed by atoms with van der Waals surface area (Å²) in [6.45, 7) is 6.65. The summed E-state index contributed by atoms with van der Waals surface area (Å²) < 4.78 is 32.6. The molecule has 3 aromatic heterocycles. The third kappa shape index (κ3) is 5.20. The maximum Gasteiger partial charge on any atom is 0.171 e. The first-order chi connectivity index (χ1) is 16.5. The standard InChI is InChI=1S/C24H23ClF2N4O3S/c1-12-8-28-16(18-11-35-23(30-18)24(3,4)33)7-19(12)31-13(2)5-20(21(25)22(31)32)34-10-17-15(27)6-14(26)9-29-17/h5-9,11,22,32-33H,10H2,1-4H3/t22-/m1/s1. The van der Waals surface area contributed by atoms with E-state index in [1.54, 1.807) is 44.0 Å². The topological polar surface area (TPSA) is 91.6 Å². The van der Waals surface area contributed by atoms with Crippen molar-refractivity contribution >= 4 is 28.6 Å². The van der Waals surface area contributed by atoms with Crippen LogP contribution in [-0.2, 0) is 16.9 Å². The van der Waals surface area contributed by atoms with E-state index in [9.17, 15) is 19.0 Å². The molecule has 4 heterocycles. The van der Waals surface area contributed by atoms with Gasteiger partial charge in [0.2, 0.25) is 0 Å². The second-order valence-corrected chi connectivity index (χ2v) is 9.83. The molecule has 7 nitrogen and oxygen atoms in total. The summed E-state index contributed by atoms with van der Waals surface area (Å²) in [5, 5.41) is 23.6. The SMILES string of the molecule is CC1=CC(OCc2ncc(F)cc2F)=C(Cl)[C@@H](O)N1c1cc(-c2csc(C(C)(C)O)n2)ncc1C. The van der Waals surface area contributed by atoms with E-state index in [1.807, 2.05) is 12.3 Å². The van der Waals surface area contributed by atoms with E-state index in [4.69, 9.17) is 16.3 Å². The van der Waals surface area contributed by atoms with Crippen LogP contribution >= 0.6 is 22.9 Å². The Hall–Kier alpha value is -2.92. The molecule has 0 bridgehead atoms. The number of halogens is 3. The number of aromatic nitrogens is 3. The van der Waals surface area contributed by atoms with E-state index < -0.39 is 23.5 Å². The number of aliphatic hydroxyl groups excluding tert-OH is 1. The van der Waals surface area contributed by atoms with E-state index in [-0.39, 0.29) is 23.1 Å². The van der Waals surface area contributed by atoms with Gasteiger partial charge in [-0.2, -0.15) is 0 Å². The van der Waals surface area contributed by atoms with Crippen molar-refractivity contribution in [2.45, 2.75) is 46.1 Å². The molecule has 1 aliphatic rings. The van der Waals surface area contributed by atoms with E-state index in [0.29, 0.717) is 27.8 Å². The zero-order chi connectivity index (χ0) is 25.5. The van der Waals surface area contributed by atoms with Gasteiger partial charge >= 0.3 is 0 Å². The number of hydrogen-bond donors (Lipinski definition) is 2. The Bertz CT molecular complexity index is 1340. The van der Waals surface area contributed by atoms with Gasteiger partial charge in [-0.3, -0.25) is 9.97 Å². The lowest BCUT2D eigenvalue weighted by molar-refractivity contribution is 0.0783. The Morgan fingerprint density at radius 2 is 1.91 bits per heavy atom. The summed E-state index contributed by atoms with van der Waals surface area (Å²) in [5.74, 6) is -1.47. The third-order valence-corrected chi connectivity index (χ3v) is 6.84. The van der Waals surface area contributed by atoms with Crippen molar-refractivity contribution in [3.8, 4) is 11.4 Å². The Morgan fingerprint density at radius 3 is 2.57 bits per heavy atom. The minimum atomic E-state index is -1.28. The second-order valence-electron chi connectivity index (χ2n) is 8.57. The lowest BCUT2D eigenvalue weighted by atomic mass is 10.1. The first-order valence-electron chi connectivity index (χ1n) is 10.6. The molecule has 3 aromatic rings. The Kier molecular flexibility index (Phi) is 6.92. The monoisotopic (exact) mass is 520 g/mol. The molecule has 0 aliphatic carbocycles. The van der Waals surface area contributed by atoms with E-state index in [1.165, 1.54) is 11.3 Å². The third-order valence-electron chi connectivity index (χ3n) is 5.30. The molecule has 4 rings (SSSR count). The highest BCUT2D eigenvalue weighted by molar-refractivity contribution is 7.10. The number of ether oxygens (including phenoxy) is 1. The van der Waals surface area contributed by atoms with Gasteiger partial charge in [0.1, 0.15) is 45.2 Å². The Labute approximate surface area is 210 Å². The maximum absolute atomic E-state index is 13.9. The van der Waals surface area contributed by atoms with Crippen LogP contribution in [0.15, 0.2) is 52.5 Å². The molecule has 1 aliphatic heterocycles. The molecular formula is C24H23ClF2N4O3S. The van der Waals surface area contributed by atoms with Crippen molar-refractivity contribution in [3.63, 3.8) is 0 Å². The average Bonchev–Trinajstić information content (AvgIpc) is 3.28. The first kappa shape index (κ1) is 25.2. The minimum absolute atomic E-state index is 0.00569. The Morgan fingerprint density at radius 1 is 1.17 bits per heavy atom. The highest BCUT2D eigenvalue weighted by atomic mass is 35.5. The van der Waals surface area contributed by atoms with E-state index >= 15 is 0 Å². The highest BCUT2D eigenvalue weighted by Gasteiger charge is 2.30. The minimum Gasteiger partial charge on any atom is -0.486 e. The molecule has 0 saturated heterocycles. The molecular weight excluding hydrogens is 498 g/mol. The van der Waals surface area contributed by atoms with Crippen molar-refractivity contribution in [1.29, 1.82) is 0 Å². The number of anilines is 1. The van der Waals surface area contributed by atoms with Gasteiger partial charge < -0.3 is 19.8 Å². The van der Waals surface area contributed by atoms with Crippen LogP contribution in [0.4, 0.5) is 14.5 Å². The second kappa shape index (κ2) is 9.62. The summed E-state index contributed by atoms with van der Waals surface area (Å²) in [5.41, 5.74) is 2.05. The highest BCUT2D eigenvalue weighted by Crippen LogP contribution is 2.37. The van der Waals surface area contributed by atoms with E-state index in [2.05, 4.69) is 15.0 Å². The molecule has 0 radical (unpaired) electrons. The van der Waals surface area contributed by atoms with Crippen LogP contribution in [0.3, 0.4) is 0 Å². The fourth-order valence-corrected chi connectivity index (χ4v) is 4.52. The largest absolute Gasteiger partial charge is 0.486 e. The number of nitrogens with zero attached hydrogens (tertiary/aromatic N) is 4. The van der Waals surface area contributed by atoms with Crippen LogP contribution in [0, 0.1) is 18.6 Å². The smallest absolute Gasteiger partial charge is 0.171 e. The number of hydrogen-bond acceptors (Lipinski definition) is 8. The number of rotatable bonds is 6. The van der Waals surface area contributed by atoms with Gasteiger partial charge in [-0.25, -0.2) is 13.8 Å². The zero-order valence-corrected chi connectivity index (χ0v) is 21.0. The maximum atomic E-state index is 13.9. The lowest BCUT2D eigenvalue weighted by Gasteiger charge is -2.35. The normalized spacial score (nSPS) is 16.5. The molecule has 184 valence electrons. The number of pyridine rings is 2. The lowest BCUT2D eigenvalue weighted by Crippen LogP contribution is -2.37. The first-order valence-corrected chi connectivity index (χ1v) is 11.8. The van der Waals surface area contributed by atoms with Gasteiger partial charge in [0.05, 0.1) is 17.6 Å². The van der Waals surface area contributed by atoms with Gasteiger partial charge in [0.15, 0.2) is 12.0 Å². The summed E-state index contributed by atoms with van der Waals surface area (Å²) in [6.07, 6.45) is 2.90. The van der Waals surface area contributed by atoms with Crippen LogP contribution in [0.25, 0.3) is 11.4 Å². The molecule has 0 unspecified atom stereocenters. The molecule has 0 saturated carbocycles. The quantitative estimate of drug-likeness (QED) is 0.466. The van der Waals surface area contributed by atoms with Gasteiger partial charge in [0, 0.05) is 29.4 Å². The molecule has 0 spiro atoms. The van der Waals surface area contributed by atoms with Crippen molar-refractivity contribution < 1.29 is 23.7 Å². The van der Waals surface area contributed by atoms with Crippen LogP contribution in [-0.4, -0.2) is 31.4 Å². The van der Waals surface area contributed by atoms with Gasteiger partial charge in [0.25, 0.3) is 0 Å². The summed E-state index contributed by atoms with van der Waals surface area (Å²) >= 11 is 7.76. The number of allylic oxidation sites excluding steroid dienone is 2. The number of aliphatic hydroxyl groups is 2. The van der Waals surface area contributed by atoms with Crippen LogP contribution in [0.5, 0.6) is 0 Å². The summed E-state index contributed by atoms with van der Waals surface area (Å²) in [4.78, 5) is 14.3. The number of aryl methyl sites for hydroxylation is 1. The van der Waals surface area contributed by atoms with Crippen LogP contribution in [0.1, 0.15) is 37.0 Å². The van der Waals surface area contributed by atoms with Crippen molar-refractivity contribution in [2.75, 3.05) is 4.90 Å². The molecule has 35 heavy (non-hydrogen) atoms. The predicted octanol–water partition coefficient (Wildman–Crippen LogP) is 5.12. The fraction of sp³-hybridized carbons (Fsp3) is 0.292. The zero-order valence-electron chi connectivity index (χ0n) is 19.4. The average molecular weight is 521 g/mol. The van der Waals surface area contributed by atoms with Gasteiger partial charge in [-0.05, 0) is 39.3 Å². The predicted molar refractivity (Wildman–Crippen MR) is 129 cm³/mol. The van der Waals surface area contributed by atoms with E-state index in [0.717, 1.165) is 17.8 Å². The number of thiazole rings is 1. The van der Waals surface area contributed by atoms with Crippen molar-refractivity contribution in [2.24, 2.45) is 0 Å². The Balaban J connectivity index is 1.61. The molecule has 1 atom stereocenters. The molecule has 0 aromatic carbocycles. The van der Waals surface area contributed by atoms with Crippen LogP contribution in [0.2, 0.25) is 0 Å². The molecule has 0 amide bonds. The molecule has 0 fully saturated rings. The van der Waals surface area contributed by atoms with Crippen molar-refractivity contribution in [3.05, 3.63) is 80.4 Å². The fourth-order valence-electron chi connectivity index (χ4n) is 3.47. The van der Waals surface area contributed by atoms with Crippen molar-refractivity contribution in [1.82, 2.24) is 15.0 Å². The van der Waals surface area contributed by atoms with Crippen LogP contribution < -0.4 is 4.90 Å². The molecule has 2 N–H and O–H groups in total. The summed E-state index contributed by atoms with van der Waals surface area (Å²) in [6, 6.07) is 2.50. The molecule has 11 heteroatoms.